The van der Waals surface area contributed by atoms with E-state index in [1.165, 1.54) is 0 Å². The highest BCUT2D eigenvalue weighted by atomic mass is 16.1. The molecule has 74 valence electrons. The largest absolute Gasteiger partial charge is 0.399 e. The van der Waals surface area contributed by atoms with Crippen LogP contribution in [0, 0.1) is 0 Å². The Hall–Kier alpha value is -1.57. The molecule has 0 aliphatic carbocycles. The van der Waals surface area contributed by atoms with Crippen LogP contribution >= 0.6 is 0 Å². The molecule has 0 aliphatic heterocycles. The van der Waals surface area contributed by atoms with Crippen LogP contribution in [0.3, 0.4) is 0 Å². The molecular weight excluding hydrogens is 174 g/mol. The van der Waals surface area contributed by atoms with E-state index >= 15 is 0 Å². The highest BCUT2D eigenvalue weighted by Crippen LogP contribution is 2.19. The lowest BCUT2D eigenvalue weighted by Crippen LogP contribution is -2.09. The highest BCUT2D eigenvalue weighted by molar-refractivity contribution is 5.99. The molecule has 0 heterocycles. The zero-order valence-corrected chi connectivity index (χ0v) is 8.58. The minimum Gasteiger partial charge on any atom is -0.399 e. The van der Waals surface area contributed by atoms with Crippen molar-refractivity contribution in [3.05, 3.63) is 42.0 Å². The number of anilines is 1. The molecule has 0 saturated heterocycles. The standard InChI is InChI=1S/C12H15NO/c1-8(2)12(14)9(3)10-4-6-11(13)7-5-10/h4-7,9H,1,13H2,2-3H3. The Labute approximate surface area is 84.4 Å². The molecule has 2 heteroatoms. The summed E-state index contributed by atoms with van der Waals surface area (Å²) in [6, 6.07) is 7.36. The van der Waals surface area contributed by atoms with Gasteiger partial charge < -0.3 is 5.73 Å². The number of nitrogen functional groups attached to an aromatic ring is 1. The monoisotopic (exact) mass is 189 g/mol. The van der Waals surface area contributed by atoms with Crippen LogP contribution in [0.25, 0.3) is 0 Å². The number of ketones is 1. The fourth-order valence-corrected chi connectivity index (χ4v) is 1.31. The van der Waals surface area contributed by atoms with Crippen LogP contribution in [-0.4, -0.2) is 5.78 Å². The summed E-state index contributed by atoms with van der Waals surface area (Å²) in [6.07, 6.45) is 0. The van der Waals surface area contributed by atoms with Crippen molar-refractivity contribution in [2.45, 2.75) is 19.8 Å². The zero-order valence-electron chi connectivity index (χ0n) is 8.58. The number of hydrogen-bond acceptors (Lipinski definition) is 2. The van der Waals surface area contributed by atoms with Crippen molar-refractivity contribution in [3.8, 4) is 0 Å². The van der Waals surface area contributed by atoms with E-state index in [9.17, 15) is 4.79 Å². The van der Waals surface area contributed by atoms with Gasteiger partial charge in [-0.15, -0.1) is 0 Å². The fraction of sp³-hybridized carbons (Fsp3) is 0.250. The third kappa shape index (κ3) is 2.22. The number of carbonyl (C=O) groups excluding carboxylic acids is 1. The van der Waals surface area contributed by atoms with E-state index in [2.05, 4.69) is 6.58 Å². The molecular formula is C12H15NO. The average Bonchev–Trinajstić information content (AvgIpc) is 2.16. The van der Waals surface area contributed by atoms with Crippen LogP contribution in [0.2, 0.25) is 0 Å². The SMILES string of the molecule is C=C(C)C(=O)C(C)c1ccc(N)cc1. The quantitative estimate of drug-likeness (QED) is 0.586. The maximum atomic E-state index is 11.6. The van der Waals surface area contributed by atoms with Gasteiger partial charge in [-0.2, -0.15) is 0 Å². The second-order valence-electron chi connectivity index (χ2n) is 3.53. The molecule has 1 unspecified atom stereocenters. The summed E-state index contributed by atoms with van der Waals surface area (Å²) < 4.78 is 0. The molecule has 0 aliphatic rings. The van der Waals surface area contributed by atoms with Gasteiger partial charge in [0.15, 0.2) is 5.78 Å². The Morgan fingerprint density at radius 3 is 2.29 bits per heavy atom. The summed E-state index contributed by atoms with van der Waals surface area (Å²) in [5, 5.41) is 0. The van der Waals surface area contributed by atoms with Gasteiger partial charge in [0.2, 0.25) is 0 Å². The Balaban J connectivity index is 2.89. The van der Waals surface area contributed by atoms with Gasteiger partial charge in [0, 0.05) is 11.6 Å². The molecule has 0 fully saturated rings. The smallest absolute Gasteiger partial charge is 0.165 e. The molecule has 2 nitrogen and oxygen atoms in total. The molecule has 2 N–H and O–H groups in total. The van der Waals surface area contributed by atoms with Gasteiger partial charge in [-0.05, 0) is 30.2 Å². The molecule has 1 aromatic carbocycles. The number of benzene rings is 1. The van der Waals surface area contributed by atoms with E-state index in [-0.39, 0.29) is 11.7 Å². The van der Waals surface area contributed by atoms with Gasteiger partial charge in [-0.1, -0.05) is 25.6 Å². The topological polar surface area (TPSA) is 43.1 Å². The van der Waals surface area contributed by atoms with Crippen molar-refractivity contribution in [2.75, 3.05) is 5.73 Å². The van der Waals surface area contributed by atoms with Gasteiger partial charge in [0.05, 0.1) is 0 Å². The fourth-order valence-electron chi connectivity index (χ4n) is 1.31. The number of carbonyl (C=O) groups is 1. The van der Waals surface area contributed by atoms with Crippen molar-refractivity contribution in [1.29, 1.82) is 0 Å². The number of hydrogen-bond donors (Lipinski definition) is 1. The highest BCUT2D eigenvalue weighted by Gasteiger charge is 2.14. The number of rotatable bonds is 3. The Morgan fingerprint density at radius 2 is 1.86 bits per heavy atom. The summed E-state index contributed by atoms with van der Waals surface area (Å²) in [5.41, 5.74) is 7.84. The van der Waals surface area contributed by atoms with Crippen LogP contribution in [0.4, 0.5) is 5.69 Å². The van der Waals surface area contributed by atoms with E-state index in [4.69, 9.17) is 5.73 Å². The first-order chi connectivity index (χ1) is 6.52. The third-order valence-electron chi connectivity index (χ3n) is 2.25. The molecule has 0 saturated carbocycles. The summed E-state index contributed by atoms with van der Waals surface area (Å²) in [5.74, 6) is -0.0529. The summed E-state index contributed by atoms with van der Waals surface area (Å²) >= 11 is 0. The lowest BCUT2D eigenvalue weighted by atomic mass is 9.93. The zero-order chi connectivity index (χ0) is 10.7. The Bertz CT molecular complexity index is 351. The summed E-state index contributed by atoms with van der Waals surface area (Å²) in [4.78, 5) is 11.6. The van der Waals surface area contributed by atoms with Gasteiger partial charge in [-0.3, -0.25) is 4.79 Å². The average molecular weight is 189 g/mol. The normalized spacial score (nSPS) is 12.1. The van der Waals surface area contributed by atoms with Gasteiger partial charge in [-0.25, -0.2) is 0 Å². The van der Waals surface area contributed by atoms with E-state index in [1.54, 1.807) is 19.1 Å². The molecule has 0 amide bonds. The number of allylic oxidation sites excluding steroid dienone is 1. The Morgan fingerprint density at radius 1 is 1.36 bits per heavy atom. The number of nitrogens with two attached hydrogens (primary N) is 1. The first kappa shape index (κ1) is 10.5. The number of Topliss-reactive ketones (excluding diaryl/α,β-unsaturated/α-hetero) is 1. The molecule has 0 radical (unpaired) electrons. The van der Waals surface area contributed by atoms with Crippen LogP contribution in [0.1, 0.15) is 25.3 Å². The minimum absolute atomic E-state index is 0.0785. The van der Waals surface area contributed by atoms with Gasteiger partial charge in [0.1, 0.15) is 0 Å². The summed E-state index contributed by atoms with van der Waals surface area (Å²) in [6.45, 7) is 7.25. The van der Waals surface area contributed by atoms with Crippen LogP contribution in [-0.2, 0) is 4.79 Å². The predicted octanol–water partition coefficient (Wildman–Crippen LogP) is 2.52. The second-order valence-corrected chi connectivity index (χ2v) is 3.53. The van der Waals surface area contributed by atoms with Crippen molar-refractivity contribution in [3.63, 3.8) is 0 Å². The molecule has 0 spiro atoms. The van der Waals surface area contributed by atoms with Crippen molar-refractivity contribution >= 4 is 11.5 Å². The maximum absolute atomic E-state index is 11.6. The van der Waals surface area contributed by atoms with Crippen LogP contribution < -0.4 is 5.73 Å². The van der Waals surface area contributed by atoms with E-state index in [0.29, 0.717) is 11.3 Å². The molecule has 1 aromatic rings. The van der Waals surface area contributed by atoms with E-state index in [0.717, 1.165) is 5.56 Å². The molecule has 1 atom stereocenters. The lowest BCUT2D eigenvalue weighted by Gasteiger charge is -2.10. The van der Waals surface area contributed by atoms with Crippen LogP contribution in [0.15, 0.2) is 36.4 Å². The first-order valence-electron chi connectivity index (χ1n) is 4.57. The lowest BCUT2D eigenvalue weighted by molar-refractivity contribution is -0.116. The maximum Gasteiger partial charge on any atom is 0.165 e. The van der Waals surface area contributed by atoms with Crippen LogP contribution in [0.5, 0.6) is 0 Å². The van der Waals surface area contributed by atoms with E-state index < -0.39 is 0 Å². The minimum atomic E-state index is -0.131. The predicted molar refractivity (Wildman–Crippen MR) is 59.1 cm³/mol. The first-order valence-corrected chi connectivity index (χ1v) is 4.57. The van der Waals surface area contributed by atoms with Crippen molar-refractivity contribution in [2.24, 2.45) is 0 Å². The molecule has 0 aromatic heterocycles. The van der Waals surface area contributed by atoms with Crippen molar-refractivity contribution < 1.29 is 4.79 Å². The Kier molecular flexibility index (Phi) is 3.07. The molecule has 14 heavy (non-hydrogen) atoms. The van der Waals surface area contributed by atoms with Gasteiger partial charge >= 0.3 is 0 Å². The molecule has 0 bridgehead atoms. The van der Waals surface area contributed by atoms with Crippen molar-refractivity contribution in [1.82, 2.24) is 0 Å². The second kappa shape index (κ2) is 4.09. The van der Waals surface area contributed by atoms with E-state index in [1.807, 2.05) is 19.1 Å². The van der Waals surface area contributed by atoms with Gasteiger partial charge in [0.25, 0.3) is 0 Å². The molecule has 1 rings (SSSR count). The third-order valence-corrected chi connectivity index (χ3v) is 2.25. The summed E-state index contributed by atoms with van der Waals surface area (Å²) in [7, 11) is 0.